The Kier molecular flexibility index (Phi) is 3.90. The lowest BCUT2D eigenvalue weighted by Gasteiger charge is -2.28. The standard InChI is InChI=1S/C12H18O2S2/c1-14-11(13)10(12(15)16-2)9-6-7-3-4-8(9)5-7/h7-10H,3-6H2,1-2H3. The highest BCUT2D eigenvalue weighted by atomic mass is 32.2. The molecule has 2 saturated carbocycles. The number of hydrogen-bond acceptors (Lipinski definition) is 4. The zero-order valence-electron chi connectivity index (χ0n) is 9.77. The van der Waals surface area contributed by atoms with Crippen LogP contribution in [-0.2, 0) is 9.53 Å². The van der Waals surface area contributed by atoms with Crippen molar-refractivity contribution in [1.29, 1.82) is 0 Å². The van der Waals surface area contributed by atoms with Crippen molar-refractivity contribution in [1.82, 2.24) is 0 Å². The fraction of sp³-hybridized carbons (Fsp3) is 0.833. The summed E-state index contributed by atoms with van der Waals surface area (Å²) >= 11 is 6.86. The molecule has 0 aromatic rings. The topological polar surface area (TPSA) is 26.3 Å². The summed E-state index contributed by atoms with van der Waals surface area (Å²) in [4.78, 5) is 11.9. The molecule has 0 radical (unpaired) electrons. The molecule has 4 atom stereocenters. The van der Waals surface area contributed by atoms with Gasteiger partial charge in [-0.3, -0.25) is 4.79 Å². The maximum Gasteiger partial charge on any atom is 0.314 e. The summed E-state index contributed by atoms with van der Waals surface area (Å²) in [6.07, 6.45) is 7.05. The second-order valence-corrected chi connectivity index (χ2v) is 6.41. The zero-order chi connectivity index (χ0) is 11.7. The average molecular weight is 258 g/mol. The van der Waals surface area contributed by atoms with Crippen LogP contribution in [0, 0.1) is 23.7 Å². The number of ether oxygens (including phenoxy) is 1. The Labute approximate surface area is 106 Å². The molecule has 0 aromatic carbocycles. The smallest absolute Gasteiger partial charge is 0.314 e. The Morgan fingerprint density at radius 2 is 2.19 bits per heavy atom. The van der Waals surface area contributed by atoms with E-state index >= 15 is 0 Å². The summed E-state index contributed by atoms with van der Waals surface area (Å²) in [7, 11) is 1.46. The van der Waals surface area contributed by atoms with Crippen molar-refractivity contribution in [3.05, 3.63) is 0 Å². The van der Waals surface area contributed by atoms with Gasteiger partial charge in [0.2, 0.25) is 0 Å². The first kappa shape index (κ1) is 12.4. The van der Waals surface area contributed by atoms with Crippen molar-refractivity contribution in [2.24, 2.45) is 23.7 Å². The van der Waals surface area contributed by atoms with Gasteiger partial charge < -0.3 is 4.74 Å². The number of fused-ring (bicyclic) bond motifs is 2. The van der Waals surface area contributed by atoms with Gasteiger partial charge in [0.15, 0.2) is 0 Å². The van der Waals surface area contributed by atoms with E-state index in [2.05, 4.69) is 0 Å². The summed E-state index contributed by atoms with van der Waals surface area (Å²) in [5.74, 6) is 1.72. The third kappa shape index (κ3) is 2.14. The van der Waals surface area contributed by atoms with Crippen LogP contribution in [0.4, 0.5) is 0 Å². The van der Waals surface area contributed by atoms with Gasteiger partial charge >= 0.3 is 5.97 Å². The fourth-order valence-corrected chi connectivity index (χ4v) is 4.20. The predicted octanol–water partition coefficient (Wildman–Crippen LogP) is 2.90. The third-order valence-corrected chi connectivity index (χ3v) is 5.54. The van der Waals surface area contributed by atoms with Crippen LogP contribution >= 0.6 is 24.0 Å². The van der Waals surface area contributed by atoms with E-state index in [1.807, 2.05) is 6.26 Å². The first-order valence-corrected chi connectivity index (χ1v) is 7.46. The molecule has 2 fully saturated rings. The Morgan fingerprint density at radius 3 is 2.62 bits per heavy atom. The van der Waals surface area contributed by atoms with Crippen LogP contribution in [0.15, 0.2) is 0 Å². The summed E-state index contributed by atoms with van der Waals surface area (Å²) < 4.78 is 5.73. The molecule has 4 heteroatoms. The summed E-state index contributed by atoms with van der Waals surface area (Å²) in [6, 6.07) is 0. The van der Waals surface area contributed by atoms with E-state index in [4.69, 9.17) is 17.0 Å². The predicted molar refractivity (Wildman–Crippen MR) is 70.6 cm³/mol. The Bertz CT molecular complexity index is 287. The molecular formula is C12H18O2S2. The fourth-order valence-electron chi connectivity index (χ4n) is 3.40. The number of carbonyl (C=O) groups is 1. The molecule has 4 unspecified atom stereocenters. The van der Waals surface area contributed by atoms with E-state index in [-0.39, 0.29) is 11.9 Å². The highest BCUT2D eigenvalue weighted by Crippen LogP contribution is 2.52. The van der Waals surface area contributed by atoms with Crippen molar-refractivity contribution in [2.75, 3.05) is 13.4 Å². The van der Waals surface area contributed by atoms with E-state index in [1.165, 1.54) is 44.6 Å². The molecule has 90 valence electrons. The largest absolute Gasteiger partial charge is 0.469 e. The second kappa shape index (κ2) is 5.05. The maximum absolute atomic E-state index is 11.9. The van der Waals surface area contributed by atoms with Crippen molar-refractivity contribution in [3.63, 3.8) is 0 Å². The van der Waals surface area contributed by atoms with E-state index in [0.29, 0.717) is 11.8 Å². The van der Waals surface area contributed by atoms with Gasteiger partial charge in [-0.2, -0.15) is 0 Å². The van der Waals surface area contributed by atoms with E-state index < -0.39 is 0 Å². The number of thiocarbonyl (C=S) groups is 1. The van der Waals surface area contributed by atoms with Crippen molar-refractivity contribution in [3.8, 4) is 0 Å². The molecule has 0 heterocycles. The quantitative estimate of drug-likeness (QED) is 0.574. The molecule has 2 rings (SSSR count). The van der Waals surface area contributed by atoms with Crippen molar-refractivity contribution >= 4 is 34.1 Å². The molecule has 0 N–H and O–H groups in total. The monoisotopic (exact) mass is 258 g/mol. The first-order valence-electron chi connectivity index (χ1n) is 5.83. The highest BCUT2D eigenvalue weighted by molar-refractivity contribution is 8.22. The van der Waals surface area contributed by atoms with Crippen LogP contribution in [0.1, 0.15) is 25.7 Å². The lowest BCUT2D eigenvalue weighted by Crippen LogP contribution is -2.33. The molecule has 0 aromatic heterocycles. The number of carbonyl (C=O) groups excluding carboxylic acids is 1. The SMILES string of the molecule is COC(=O)C(C(=S)SC)C1CC2CCC1C2. The molecule has 16 heavy (non-hydrogen) atoms. The maximum atomic E-state index is 11.9. The number of rotatable bonds is 3. The lowest BCUT2D eigenvalue weighted by molar-refractivity contribution is -0.145. The molecule has 2 aliphatic rings. The number of methoxy groups -OCH3 is 1. The molecule has 0 amide bonds. The normalized spacial score (nSPS) is 33.8. The minimum absolute atomic E-state index is 0.128. The van der Waals surface area contributed by atoms with Crippen LogP contribution in [0.25, 0.3) is 0 Å². The number of thioether (sulfide) groups is 1. The van der Waals surface area contributed by atoms with Crippen molar-refractivity contribution in [2.45, 2.75) is 25.7 Å². The van der Waals surface area contributed by atoms with Crippen LogP contribution in [-0.4, -0.2) is 23.5 Å². The van der Waals surface area contributed by atoms with Crippen LogP contribution in [0.2, 0.25) is 0 Å². The Morgan fingerprint density at radius 1 is 1.44 bits per heavy atom. The van der Waals surface area contributed by atoms with Gasteiger partial charge in [0.05, 0.1) is 11.3 Å². The minimum atomic E-state index is -0.148. The molecule has 0 aliphatic heterocycles. The van der Waals surface area contributed by atoms with Crippen LogP contribution in [0.3, 0.4) is 0 Å². The van der Waals surface area contributed by atoms with Gasteiger partial charge in [0.25, 0.3) is 0 Å². The van der Waals surface area contributed by atoms with Crippen LogP contribution < -0.4 is 0 Å². The summed E-state index contributed by atoms with van der Waals surface area (Å²) in [5.41, 5.74) is 0. The van der Waals surface area contributed by atoms with Gasteiger partial charge in [0.1, 0.15) is 5.92 Å². The number of esters is 1. The minimum Gasteiger partial charge on any atom is -0.469 e. The lowest BCUT2D eigenvalue weighted by atomic mass is 9.80. The molecule has 0 saturated heterocycles. The molecular weight excluding hydrogens is 240 g/mol. The first-order chi connectivity index (χ1) is 7.67. The molecule has 2 aliphatic carbocycles. The number of hydrogen-bond donors (Lipinski definition) is 0. The zero-order valence-corrected chi connectivity index (χ0v) is 11.4. The van der Waals surface area contributed by atoms with E-state index in [1.54, 1.807) is 0 Å². The van der Waals surface area contributed by atoms with Gasteiger partial charge in [-0.25, -0.2) is 0 Å². The molecule has 2 bridgehead atoms. The van der Waals surface area contributed by atoms with Crippen molar-refractivity contribution < 1.29 is 9.53 Å². The van der Waals surface area contributed by atoms with Gasteiger partial charge in [-0.05, 0) is 43.3 Å². The van der Waals surface area contributed by atoms with Crippen LogP contribution in [0.5, 0.6) is 0 Å². The highest BCUT2D eigenvalue weighted by Gasteiger charge is 2.46. The Balaban J connectivity index is 2.13. The van der Waals surface area contributed by atoms with Gasteiger partial charge in [-0.1, -0.05) is 18.6 Å². The Hall–Kier alpha value is -0.0900. The summed E-state index contributed by atoms with van der Waals surface area (Å²) in [5, 5.41) is 0. The molecule has 2 nitrogen and oxygen atoms in total. The van der Waals surface area contributed by atoms with E-state index in [9.17, 15) is 4.79 Å². The summed E-state index contributed by atoms with van der Waals surface area (Å²) in [6.45, 7) is 0. The second-order valence-electron chi connectivity index (χ2n) is 4.86. The van der Waals surface area contributed by atoms with Gasteiger partial charge in [-0.15, -0.1) is 11.8 Å². The third-order valence-electron chi connectivity index (χ3n) is 4.13. The van der Waals surface area contributed by atoms with Gasteiger partial charge in [0, 0.05) is 0 Å². The molecule has 0 spiro atoms. The van der Waals surface area contributed by atoms with E-state index in [0.717, 1.165) is 10.1 Å². The average Bonchev–Trinajstić information content (AvgIpc) is 2.90.